The van der Waals surface area contributed by atoms with Crippen LogP contribution in [0.15, 0.2) is 65.1 Å². The van der Waals surface area contributed by atoms with E-state index in [1.54, 1.807) is 0 Å². The van der Waals surface area contributed by atoms with Crippen LogP contribution in [0.25, 0.3) is 0 Å². The second-order valence-electron chi connectivity index (χ2n) is 7.96. The van der Waals surface area contributed by atoms with E-state index in [0.717, 1.165) is 52.1 Å². The summed E-state index contributed by atoms with van der Waals surface area (Å²) >= 11 is 0. The first-order chi connectivity index (χ1) is 13.9. The van der Waals surface area contributed by atoms with E-state index in [4.69, 9.17) is 5.73 Å². The van der Waals surface area contributed by atoms with Crippen LogP contribution in [0.2, 0.25) is 0 Å². The lowest BCUT2D eigenvalue weighted by Gasteiger charge is -2.40. The van der Waals surface area contributed by atoms with Gasteiger partial charge >= 0.3 is 0 Å². The Morgan fingerprint density at radius 1 is 1.07 bits per heavy atom. The molecule has 2 N–H and O–H groups in total. The van der Waals surface area contributed by atoms with E-state index >= 15 is 0 Å². The number of allylic oxidation sites excluding steroid dienone is 3. The van der Waals surface area contributed by atoms with E-state index in [-0.39, 0.29) is 5.78 Å². The largest absolute Gasteiger partial charge is 0.384 e. The van der Waals surface area contributed by atoms with Gasteiger partial charge in [0.2, 0.25) is 0 Å². The van der Waals surface area contributed by atoms with Crippen LogP contribution >= 0.6 is 0 Å². The highest BCUT2D eigenvalue weighted by Crippen LogP contribution is 2.47. The van der Waals surface area contributed by atoms with Crippen LogP contribution in [0.1, 0.15) is 47.4 Å². The van der Waals surface area contributed by atoms with Crippen LogP contribution in [0, 0.1) is 32.1 Å². The molecule has 1 heterocycles. The van der Waals surface area contributed by atoms with Crippen LogP contribution in [0.3, 0.4) is 0 Å². The second-order valence-corrected chi connectivity index (χ2v) is 7.96. The molecule has 146 valence electrons. The predicted octanol–water partition coefficient (Wildman–Crippen LogP) is 4.92. The molecule has 0 unspecified atom stereocenters. The molecule has 0 spiro atoms. The van der Waals surface area contributed by atoms with E-state index in [0.29, 0.717) is 17.8 Å². The quantitative estimate of drug-likeness (QED) is 0.799. The van der Waals surface area contributed by atoms with Gasteiger partial charge in [0, 0.05) is 17.7 Å². The highest BCUT2D eigenvalue weighted by Gasteiger charge is 2.40. The zero-order valence-corrected chi connectivity index (χ0v) is 17.1. The van der Waals surface area contributed by atoms with Crippen LogP contribution < -0.4 is 10.6 Å². The number of carbonyl (C=O) groups excluding carboxylic acids is 1. The van der Waals surface area contributed by atoms with Crippen molar-refractivity contribution in [3.8, 4) is 6.07 Å². The summed E-state index contributed by atoms with van der Waals surface area (Å²) in [5.74, 6) is 0.153. The van der Waals surface area contributed by atoms with Gasteiger partial charge in [-0.3, -0.25) is 9.69 Å². The SMILES string of the molecule is Cc1ccc(C)c([C@H]2C(C#N)=C(N)N(c3ccccc3C)C3=C2C(=O)CCC3)c1. The van der Waals surface area contributed by atoms with Crippen molar-refractivity contribution in [2.45, 2.75) is 46.0 Å². The van der Waals surface area contributed by atoms with Gasteiger partial charge in [-0.05, 0) is 56.4 Å². The highest BCUT2D eigenvalue weighted by molar-refractivity contribution is 6.01. The number of benzene rings is 2. The van der Waals surface area contributed by atoms with Gasteiger partial charge in [0.15, 0.2) is 5.78 Å². The molecule has 1 atom stereocenters. The van der Waals surface area contributed by atoms with Crippen molar-refractivity contribution in [1.29, 1.82) is 5.26 Å². The maximum absolute atomic E-state index is 13.2. The number of para-hydroxylation sites is 1. The van der Waals surface area contributed by atoms with E-state index in [2.05, 4.69) is 24.3 Å². The molecule has 0 radical (unpaired) electrons. The molecule has 29 heavy (non-hydrogen) atoms. The first-order valence-corrected chi connectivity index (χ1v) is 10.0. The van der Waals surface area contributed by atoms with Gasteiger partial charge in [0.25, 0.3) is 0 Å². The Morgan fingerprint density at radius 3 is 2.55 bits per heavy atom. The predicted molar refractivity (Wildman–Crippen MR) is 115 cm³/mol. The molecular weight excluding hydrogens is 358 g/mol. The fourth-order valence-corrected chi connectivity index (χ4v) is 4.56. The smallest absolute Gasteiger partial charge is 0.161 e. The minimum Gasteiger partial charge on any atom is -0.384 e. The maximum Gasteiger partial charge on any atom is 0.161 e. The van der Waals surface area contributed by atoms with E-state index in [1.807, 2.05) is 49.9 Å². The number of Topliss-reactive ketones (excluding diaryl/α,β-unsaturated/α-hetero) is 1. The lowest BCUT2D eigenvalue weighted by Crippen LogP contribution is -2.39. The number of rotatable bonds is 2. The molecular formula is C25H25N3O. The molecule has 0 aromatic heterocycles. The summed E-state index contributed by atoms with van der Waals surface area (Å²) in [6.45, 7) is 6.08. The number of carbonyl (C=O) groups is 1. The summed E-state index contributed by atoms with van der Waals surface area (Å²) in [4.78, 5) is 15.1. The van der Waals surface area contributed by atoms with Crippen molar-refractivity contribution in [2.75, 3.05) is 4.90 Å². The molecule has 4 nitrogen and oxygen atoms in total. The number of ketones is 1. The molecule has 2 aliphatic rings. The minimum atomic E-state index is -0.400. The first kappa shape index (κ1) is 19.0. The molecule has 4 rings (SSSR count). The van der Waals surface area contributed by atoms with Gasteiger partial charge < -0.3 is 5.73 Å². The molecule has 0 bridgehead atoms. The van der Waals surface area contributed by atoms with Crippen molar-refractivity contribution >= 4 is 11.5 Å². The van der Waals surface area contributed by atoms with Gasteiger partial charge in [-0.1, -0.05) is 42.0 Å². The summed E-state index contributed by atoms with van der Waals surface area (Å²) in [7, 11) is 0. The Hall–Kier alpha value is -3.32. The van der Waals surface area contributed by atoms with Crippen LogP contribution in [0.5, 0.6) is 0 Å². The average Bonchev–Trinajstić information content (AvgIpc) is 2.70. The Balaban J connectivity index is 2.03. The van der Waals surface area contributed by atoms with Crippen LogP contribution in [0.4, 0.5) is 5.69 Å². The lowest BCUT2D eigenvalue weighted by atomic mass is 9.74. The number of hydrogen-bond donors (Lipinski definition) is 1. The van der Waals surface area contributed by atoms with E-state index in [9.17, 15) is 10.1 Å². The topological polar surface area (TPSA) is 70.1 Å². The van der Waals surface area contributed by atoms with E-state index in [1.165, 1.54) is 0 Å². The van der Waals surface area contributed by atoms with Gasteiger partial charge in [-0.2, -0.15) is 5.26 Å². The summed E-state index contributed by atoms with van der Waals surface area (Å²) in [5, 5.41) is 10.1. The average molecular weight is 383 g/mol. The lowest BCUT2D eigenvalue weighted by molar-refractivity contribution is -0.116. The zero-order chi connectivity index (χ0) is 20.7. The van der Waals surface area contributed by atoms with Crippen LogP contribution in [-0.2, 0) is 4.79 Å². The van der Waals surface area contributed by atoms with Crippen molar-refractivity contribution in [1.82, 2.24) is 0 Å². The number of hydrogen-bond acceptors (Lipinski definition) is 4. The van der Waals surface area contributed by atoms with Crippen molar-refractivity contribution in [2.24, 2.45) is 5.73 Å². The van der Waals surface area contributed by atoms with Crippen molar-refractivity contribution in [3.63, 3.8) is 0 Å². The molecule has 1 aliphatic carbocycles. The number of nitrogens with two attached hydrogens (primary N) is 1. The zero-order valence-electron chi connectivity index (χ0n) is 17.1. The first-order valence-electron chi connectivity index (χ1n) is 10.0. The third-order valence-electron chi connectivity index (χ3n) is 6.02. The minimum absolute atomic E-state index is 0.121. The van der Waals surface area contributed by atoms with Gasteiger partial charge in [-0.25, -0.2) is 0 Å². The standard InChI is InChI=1S/C25H25N3O/c1-15-11-12-16(2)18(13-15)23-19(14-26)25(27)28(20-8-5-4-7-17(20)3)21-9-6-10-22(29)24(21)23/h4-5,7-8,11-13,23H,6,9-10,27H2,1-3H3/t23-/m0/s1. The molecule has 0 amide bonds. The van der Waals surface area contributed by atoms with Gasteiger partial charge in [-0.15, -0.1) is 0 Å². The monoisotopic (exact) mass is 383 g/mol. The fourth-order valence-electron chi connectivity index (χ4n) is 4.56. The Kier molecular flexibility index (Phi) is 4.76. The molecule has 1 aliphatic heterocycles. The second kappa shape index (κ2) is 7.25. The normalized spacial score (nSPS) is 19.3. The van der Waals surface area contributed by atoms with Crippen molar-refractivity contribution < 1.29 is 4.79 Å². The summed E-state index contributed by atoms with van der Waals surface area (Å²) in [6.07, 6.45) is 2.09. The molecule has 4 heteroatoms. The number of nitriles is 1. The van der Waals surface area contributed by atoms with E-state index < -0.39 is 5.92 Å². The Labute approximate surface area is 171 Å². The fraction of sp³-hybridized carbons (Fsp3) is 0.280. The van der Waals surface area contributed by atoms with Crippen LogP contribution in [-0.4, -0.2) is 5.78 Å². The molecule has 2 aromatic carbocycles. The number of anilines is 1. The summed E-state index contributed by atoms with van der Waals surface area (Å²) < 4.78 is 0. The third-order valence-corrected chi connectivity index (χ3v) is 6.02. The summed E-state index contributed by atoms with van der Waals surface area (Å²) in [5.41, 5.74) is 13.9. The van der Waals surface area contributed by atoms with Crippen molar-refractivity contribution in [3.05, 3.63) is 87.4 Å². The summed E-state index contributed by atoms with van der Waals surface area (Å²) in [6, 6.07) is 16.5. The molecule has 2 aromatic rings. The highest BCUT2D eigenvalue weighted by atomic mass is 16.1. The number of nitrogens with zero attached hydrogens (tertiary/aromatic N) is 2. The van der Waals surface area contributed by atoms with Gasteiger partial charge in [0.1, 0.15) is 5.82 Å². The molecule has 0 saturated heterocycles. The van der Waals surface area contributed by atoms with Gasteiger partial charge in [0.05, 0.1) is 23.2 Å². The Bertz CT molecular complexity index is 1120. The molecule has 0 fully saturated rings. The molecule has 0 saturated carbocycles. The maximum atomic E-state index is 13.2. The Morgan fingerprint density at radius 2 is 1.83 bits per heavy atom. The third kappa shape index (κ3) is 3.03. The number of aryl methyl sites for hydroxylation is 3.